The van der Waals surface area contributed by atoms with Crippen molar-refractivity contribution in [3.63, 3.8) is 0 Å². The SMILES string of the molecule is O=C(COC(=O)c1cccc2ccccc12)Nc1cccc(Br)c1. The zero-order chi connectivity index (χ0) is 16.9. The van der Waals surface area contributed by atoms with Crippen molar-refractivity contribution in [1.82, 2.24) is 0 Å². The van der Waals surface area contributed by atoms with E-state index in [-0.39, 0.29) is 12.5 Å². The summed E-state index contributed by atoms with van der Waals surface area (Å²) in [5.74, 6) is -0.905. The Kier molecular flexibility index (Phi) is 4.91. The van der Waals surface area contributed by atoms with Crippen LogP contribution in [0.5, 0.6) is 0 Å². The number of anilines is 1. The summed E-state index contributed by atoms with van der Waals surface area (Å²) >= 11 is 3.33. The summed E-state index contributed by atoms with van der Waals surface area (Å²) in [5.41, 5.74) is 1.08. The quantitative estimate of drug-likeness (QED) is 0.679. The second kappa shape index (κ2) is 7.27. The third-order valence-corrected chi connectivity index (χ3v) is 3.95. The first-order chi connectivity index (χ1) is 11.6. The number of ether oxygens (including phenoxy) is 1. The fraction of sp³-hybridized carbons (Fsp3) is 0.0526. The number of amides is 1. The maximum Gasteiger partial charge on any atom is 0.339 e. The monoisotopic (exact) mass is 383 g/mol. The highest BCUT2D eigenvalue weighted by molar-refractivity contribution is 9.10. The van der Waals surface area contributed by atoms with E-state index in [1.54, 1.807) is 24.3 Å². The van der Waals surface area contributed by atoms with Crippen LogP contribution in [-0.4, -0.2) is 18.5 Å². The highest BCUT2D eigenvalue weighted by Gasteiger charge is 2.13. The number of hydrogen-bond acceptors (Lipinski definition) is 3. The molecule has 0 saturated carbocycles. The van der Waals surface area contributed by atoms with Crippen molar-refractivity contribution in [3.05, 3.63) is 76.8 Å². The molecule has 0 spiro atoms. The molecule has 1 N–H and O–H groups in total. The van der Waals surface area contributed by atoms with E-state index in [0.717, 1.165) is 15.2 Å². The number of hydrogen-bond donors (Lipinski definition) is 1. The normalized spacial score (nSPS) is 10.4. The van der Waals surface area contributed by atoms with Gasteiger partial charge in [-0.05, 0) is 35.0 Å². The summed E-state index contributed by atoms with van der Waals surface area (Å²) in [6, 6.07) is 20.1. The highest BCUT2D eigenvalue weighted by Crippen LogP contribution is 2.19. The molecule has 0 aliphatic carbocycles. The largest absolute Gasteiger partial charge is 0.452 e. The fourth-order valence-electron chi connectivity index (χ4n) is 2.38. The van der Waals surface area contributed by atoms with Crippen molar-refractivity contribution < 1.29 is 14.3 Å². The number of benzene rings is 3. The predicted molar refractivity (Wildman–Crippen MR) is 97.0 cm³/mol. The Bertz CT molecular complexity index is 903. The third-order valence-electron chi connectivity index (χ3n) is 3.45. The van der Waals surface area contributed by atoms with Gasteiger partial charge in [0.05, 0.1) is 5.56 Å². The molecule has 0 aliphatic rings. The van der Waals surface area contributed by atoms with Crippen molar-refractivity contribution in [1.29, 1.82) is 0 Å². The van der Waals surface area contributed by atoms with Gasteiger partial charge in [0.1, 0.15) is 0 Å². The van der Waals surface area contributed by atoms with E-state index in [1.807, 2.05) is 42.5 Å². The molecule has 0 atom stereocenters. The summed E-state index contributed by atoms with van der Waals surface area (Å²) in [5, 5.41) is 4.43. The third kappa shape index (κ3) is 3.81. The molecule has 0 aromatic heterocycles. The lowest BCUT2D eigenvalue weighted by Crippen LogP contribution is -2.21. The summed E-state index contributed by atoms with van der Waals surface area (Å²) in [6.45, 7) is -0.339. The lowest BCUT2D eigenvalue weighted by Gasteiger charge is -2.08. The Hall–Kier alpha value is -2.66. The van der Waals surface area contributed by atoms with Gasteiger partial charge in [0.25, 0.3) is 5.91 Å². The molecule has 0 radical (unpaired) electrons. The fourth-order valence-corrected chi connectivity index (χ4v) is 2.77. The molecule has 0 heterocycles. The standard InChI is InChI=1S/C19H14BrNO3/c20-14-7-4-8-15(11-14)21-18(22)12-24-19(23)17-10-3-6-13-5-1-2-9-16(13)17/h1-11H,12H2,(H,21,22). The lowest BCUT2D eigenvalue weighted by atomic mass is 10.1. The highest BCUT2D eigenvalue weighted by atomic mass is 79.9. The Labute approximate surface area is 147 Å². The zero-order valence-electron chi connectivity index (χ0n) is 12.7. The first kappa shape index (κ1) is 16.2. The lowest BCUT2D eigenvalue weighted by molar-refractivity contribution is -0.119. The van der Waals surface area contributed by atoms with E-state index in [9.17, 15) is 9.59 Å². The number of halogens is 1. The molecule has 0 fully saturated rings. The number of fused-ring (bicyclic) bond motifs is 1. The molecule has 3 rings (SSSR count). The number of nitrogens with one attached hydrogen (secondary N) is 1. The van der Waals surface area contributed by atoms with Gasteiger partial charge in [-0.3, -0.25) is 4.79 Å². The maximum atomic E-state index is 12.3. The average Bonchev–Trinajstić information content (AvgIpc) is 2.59. The minimum Gasteiger partial charge on any atom is -0.452 e. The molecule has 3 aromatic rings. The second-order valence-electron chi connectivity index (χ2n) is 5.16. The van der Waals surface area contributed by atoms with Crippen LogP contribution in [0.2, 0.25) is 0 Å². The van der Waals surface area contributed by atoms with Crippen LogP contribution in [0.25, 0.3) is 10.8 Å². The van der Waals surface area contributed by atoms with Crippen molar-refractivity contribution in [2.75, 3.05) is 11.9 Å². The molecule has 0 aliphatic heterocycles. The van der Waals surface area contributed by atoms with E-state index in [2.05, 4.69) is 21.2 Å². The molecule has 5 heteroatoms. The summed E-state index contributed by atoms with van der Waals surface area (Å²) in [6.07, 6.45) is 0. The van der Waals surface area contributed by atoms with Crippen LogP contribution < -0.4 is 5.32 Å². The van der Waals surface area contributed by atoms with E-state index in [1.165, 1.54) is 0 Å². The number of esters is 1. The molecule has 1 amide bonds. The first-order valence-corrected chi connectivity index (χ1v) is 8.13. The van der Waals surface area contributed by atoms with E-state index in [4.69, 9.17) is 4.74 Å². The van der Waals surface area contributed by atoms with Crippen molar-refractivity contribution in [3.8, 4) is 0 Å². The minimum absolute atomic E-state index is 0.339. The molecule has 120 valence electrons. The molecular weight excluding hydrogens is 370 g/mol. The predicted octanol–water partition coefficient (Wildman–Crippen LogP) is 4.40. The topological polar surface area (TPSA) is 55.4 Å². The summed E-state index contributed by atoms with van der Waals surface area (Å²) in [4.78, 5) is 24.2. The number of carbonyl (C=O) groups is 2. The molecule has 0 saturated heterocycles. The Morgan fingerprint density at radius 2 is 1.71 bits per heavy atom. The van der Waals surface area contributed by atoms with Crippen LogP contribution >= 0.6 is 15.9 Å². The summed E-state index contributed by atoms with van der Waals surface area (Å²) in [7, 11) is 0. The van der Waals surface area contributed by atoms with Crippen LogP contribution in [0.15, 0.2) is 71.2 Å². The minimum atomic E-state index is -0.517. The second-order valence-corrected chi connectivity index (χ2v) is 6.08. The van der Waals surface area contributed by atoms with Crippen LogP contribution in [0.1, 0.15) is 10.4 Å². The first-order valence-electron chi connectivity index (χ1n) is 7.34. The number of rotatable bonds is 4. The molecule has 0 bridgehead atoms. The molecule has 24 heavy (non-hydrogen) atoms. The van der Waals surface area contributed by atoms with E-state index in [0.29, 0.717) is 11.3 Å². The van der Waals surface area contributed by atoms with Crippen LogP contribution in [0.3, 0.4) is 0 Å². The molecule has 4 nitrogen and oxygen atoms in total. The van der Waals surface area contributed by atoms with Crippen molar-refractivity contribution >= 4 is 44.3 Å². The van der Waals surface area contributed by atoms with Crippen molar-refractivity contribution in [2.45, 2.75) is 0 Å². The van der Waals surface area contributed by atoms with Crippen LogP contribution in [0.4, 0.5) is 5.69 Å². The van der Waals surface area contributed by atoms with Crippen LogP contribution in [-0.2, 0) is 9.53 Å². The van der Waals surface area contributed by atoms with Gasteiger partial charge in [0, 0.05) is 10.2 Å². The molecule has 0 unspecified atom stereocenters. The van der Waals surface area contributed by atoms with E-state index >= 15 is 0 Å². The van der Waals surface area contributed by atoms with Gasteiger partial charge in [-0.15, -0.1) is 0 Å². The van der Waals surface area contributed by atoms with E-state index < -0.39 is 5.97 Å². The van der Waals surface area contributed by atoms with Gasteiger partial charge in [0.15, 0.2) is 6.61 Å². The Balaban J connectivity index is 1.65. The number of carbonyl (C=O) groups excluding carboxylic acids is 2. The average molecular weight is 384 g/mol. The Morgan fingerprint density at radius 3 is 2.54 bits per heavy atom. The van der Waals surface area contributed by atoms with Gasteiger partial charge in [0.2, 0.25) is 0 Å². The van der Waals surface area contributed by atoms with Gasteiger partial charge >= 0.3 is 5.97 Å². The van der Waals surface area contributed by atoms with Crippen LogP contribution in [0, 0.1) is 0 Å². The summed E-state index contributed by atoms with van der Waals surface area (Å²) < 4.78 is 5.99. The van der Waals surface area contributed by atoms with Gasteiger partial charge < -0.3 is 10.1 Å². The Morgan fingerprint density at radius 1 is 0.958 bits per heavy atom. The molecule has 3 aromatic carbocycles. The van der Waals surface area contributed by atoms with Crippen molar-refractivity contribution in [2.24, 2.45) is 0 Å². The van der Waals surface area contributed by atoms with Gasteiger partial charge in [-0.1, -0.05) is 58.4 Å². The smallest absolute Gasteiger partial charge is 0.339 e. The maximum absolute atomic E-state index is 12.3. The molecular formula is C19H14BrNO3. The van der Waals surface area contributed by atoms with Gasteiger partial charge in [-0.25, -0.2) is 4.79 Å². The van der Waals surface area contributed by atoms with Gasteiger partial charge in [-0.2, -0.15) is 0 Å². The zero-order valence-corrected chi connectivity index (χ0v) is 14.2.